The molecule has 2 aliphatic carbocycles. The summed E-state index contributed by atoms with van der Waals surface area (Å²) in [6.45, 7) is 7.32. The van der Waals surface area contributed by atoms with Crippen molar-refractivity contribution in [3.8, 4) is 0 Å². The quantitative estimate of drug-likeness (QED) is 0.703. The average Bonchev–Trinajstić information content (AvgIpc) is 2.50. The Morgan fingerprint density at radius 2 is 1.53 bits per heavy atom. The van der Waals surface area contributed by atoms with Gasteiger partial charge in [-0.05, 0) is 43.4 Å². The molecule has 0 bridgehead atoms. The third-order valence-electron chi connectivity index (χ3n) is 5.41. The average molecular weight is 237 g/mol. The molecular formula is C16H31N. The van der Waals surface area contributed by atoms with Gasteiger partial charge in [-0.3, -0.25) is 0 Å². The van der Waals surface area contributed by atoms with Gasteiger partial charge in [-0.25, -0.2) is 0 Å². The Hall–Kier alpha value is -0.0400. The van der Waals surface area contributed by atoms with E-state index in [1.54, 1.807) is 0 Å². The van der Waals surface area contributed by atoms with Crippen molar-refractivity contribution < 1.29 is 0 Å². The molecule has 0 saturated heterocycles. The van der Waals surface area contributed by atoms with E-state index >= 15 is 0 Å². The van der Waals surface area contributed by atoms with E-state index in [0.717, 1.165) is 29.8 Å². The minimum absolute atomic E-state index is 0.803. The molecular weight excluding hydrogens is 206 g/mol. The Balaban J connectivity index is 1.82. The van der Waals surface area contributed by atoms with Crippen LogP contribution in [0, 0.1) is 17.8 Å². The number of hydrogen-bond donors (Lipinski definition) is 1. The van der Waals surface area contributed by atoms with Gasteiger partial charge in [-0.1, -0.05) is 46.5 Å². The predicted molar refractivity (Wildman–Crippen MR) is 75.1 cm³/mol. The second-order valence-electron chi connectivity index (χ2n) is 6.85. The molecule has 1 nitrogen and oxygen atoms in total. The van der Waals surface area contributed by atoms with Crippen molar-refractivity contribution in [2.24, 2.45) is 17.8 Å². The van der Waals surface area contributed by atoms with Crippen LogP contribution in [-0.2, 0) is 0 Å². The highest BCUT2D eigenvalue weighted by Crippen LogP contribution is 2.31. The summed E-state index contributed by atoms with van der Waals surface area (Å²) in [4.78, 5) is 0. The monoisotopic (exact) mass is 237 g/mol. The van der Waals surface area contributed by atoms with Gasteiger partial charge in [-0.15, -0.1) is 0 Å². The molecule has 0 radical (unpaired) electrons. The summed E-state index contributed by atoms with van der Waals surface area (Å²) in [5.41, 5.74) is 0. The second-order valence-corrected chi connectivity index (χ2v) is 6.85. The lowest BCUT2D eigenvalue weighted by Gasteiger charge is -2.37. The van der Waals surface area contributed by atoms with Crippen LogP contribution in [0.3, 0.4) is 0 Å². The molecule has 100 valence electrons. The molecule has 2 rings (SSSR count). The van der Waals surface area contributed by atoms with Crippen molar-refractivity contribution in [3.63, 3.8) is 0 Å². The highest BCUT2D eigenvalue weighted by molar-refractivity contribution is 4.85. The van der Waals surface area contributed by atoms with E-state index in [2.05, 4.69) is 26.1 Å². The molecule has 0 amide bonds. The first-order chi connectivity index (χ1) is 8.16. The summed E-state index contributed by atoms with van der Waals surface area (Å²) >= 11 is 0. The minimum atomic E-state index is 0.803. The summed E-state index contributed by atoms with van der Waals surface area (Å²) in [5.74, 6) is 2.76. The largest absolute Gasteiger partial charge is 0.311 e. The molecule has 0 aromatic rings. The Morgan fingerprint density at radius 3 is 2.35 bits per heavy atom. The zero-order chi connectivity index (χ0) is 12.3. The molecule has 1 heteroatoms. The molecule has 17 heavy (non-hydrogen) atoms. The van der Waals surface area contributed by atoms with E-state index in [1.165, 1.54) is 51.4 Å². The first-order valence-corrected chi connectivity index (χ1v) is 7.93. The van der Waals surface area contributed by atoms with Gasteiger partial charge in [-0.2, -0.15) is 0 Å². The minimum Gasteiger partial charge on any atom is -0.311 e. The molecule has 5 unspecified atom stereocenters. The van der Waals surface area contributed by atoms with Crippen molar-refractivity contribution in [1.29, 1.82) is 0 Å². The Morgan fingerprint density at radius 1 is 0.765 bits per heavy atom. The van der Waals surface area contributed by atoms with Crippen LogP contribution in [0.2, 0.25) is 0 Å². The van der Waals surface area contributed by atoms with Crippen molar-refractivity contribution in [1.82, 2.24) is 5.32 Å². The van der Waals surface area contributed by atoms with E-state index < -0.39 is 0 Å². The standard InChI is InChI=1S/C16H31N/c1-12-6-4-8-15(11-10-12)17-16-9-5-7-13(2)14(16)3/h12-17H,4-11H2,1-3H3. The number of hydrogen-bond acceptors (Lipinski definition) is 1. The third kappa shape index (κ3) is 3.71. The molecule has 2 fully saturated rings. The Labute approximate surface area is 108 Å². The van der Waals surface area contributed by atoms with E-state index in [0.29, 0.717) is 0 Å². The van der Waals surface area contributed by atoms with E-state index in [4.69, 9.17) is 0 Å². The van der Waals surface area contributed by atoms with Crippen molar-refractivity contribution >= 4 is 0 Å². The molecule has 0 aromatic carbocycles. The van der Waals surface area contributed by atoms with Crippen LogP contribution in [0.25, 0.3) is 0 Å². The Kier molecular flexibility index (Phi) is 4.90. The zero-order valence-corrected chi connectivity index (χ0v) is 12.0. The molecule has 5 atom stereocenters. The zero-order valence-electron chi connectivity index (χ0n) is 12.0. The third-order valence-corrected chi connectivity index (χ3v) is 5.41. The van der Waals surface area contributed by atoms with Crippen LogP contribution in [0.15, 0.2) is 0 Å². The summed E-state index contributed by atoms with van der Waals surface area (Å²) in [6.07, 6.45) is 11.5. The number of nitrogens with one attached hydrogen (secondary N) is 1. The van der Waals surface area contributed by atoms with Gasteiger partial charge in [0.25, 0.3) is 0 Å². The maximum atomic E-state index is 4.00. The van der Waals surface area contributed by atoms with Gasteiger partial charge in [0.15, 0.2) is 0 Å². The van der Waals surface area contributed by atoms with Crippen LogP contribution >= 0.6 is 0 Å². The highest BCUT2D eigenvalue weighted by atomic mass is 15.0. The molecule has 0 spiro atoms. The molecule has 0 aliphatic heterocycles. The van der Waals surface area contributed by atoms with Crippen molar-refractivity contribution in [3.05, 3.63) is 0 Å². The van der Waals surface area contributed by atoms with Crippen LogP contribution in [0.5, 0.6) is 0 Å². The first kappa shape index (κ1) is 13.4. The fourth-order valence-corrected chi connectivity index (χ4v) is 3.77. The lowest BCUT2D eigenvalue weighted by molar-refractivity contribution is 0.189. The van der Waals surface area contributed by atoms with Crippen LogP contribution in [-0.4, -0.2) is 12.1 Å². The maximum absolute atomic E-state index is 4.00. The maximum Gasteiger partial charge on any atom is 0.00978 e. The highest BCUT2D eigenvalue weighted by Gasteiger charge is 2.29. The van der Waals surface area contributed by atoms with Gasteiger partial charge in [0.05, 0.1) is 0 Å². The first-order valence-electron chi connectivity index (χ1n) is 7.93. The number of rotatable bonds is 2. The van der Waals surface area contributed by atoms with Gasteiger partial charge < -0.3 is 5.32 Å². The fraction of sp³-hybridized carbons (Fsp3) is 1.00. The Bertz CT molecular complexity index is 226. The van der Waals surface area contributed by atoms with Gasteiger partial charge in [0.2, 0.25) is 0 Å². The van der Waals surface area contributed by atoms with E-state index in [-0.39, 0.29) is 0 Å². The molecule has 2 saturated carbocycles. The second kappa shape index (κ2) is 6.22. The lowest BCUT2D eigenvalue weighted by atomic mass is 9.77. The smallest absolute Gasteiger partial charge is 0.00978 e. The lowest BCUT2D eigenvalue weighted by Crippen LogP contribution is -2.45. The SMILES string of the molecule is CC1CCCC(NC2CCCC(C)C2C)CC1. The van der Waals surface area contributed by atoms with E-state index in [9.17, 15) is 0 Å². The van der Waals surface area contributed by atoms with E-state index in [1.807, 2.05) is 0 Å². The van der Waals surface area contributed by atoms with Gasteiger partial charge in [0, 0.05) is 12.1 Å². The molecule has 2 aliphatic rings. The molecule has 0 heterocycles. The fourth-order valence-electron chi connectivity index (χ4n) is 3.77. The normalized spacial score (nSPS) is 44.3. The van der Waals surface area contributed by atoms with Gasteiger partial charge >= 0.3 is 0 Å². The van der Waals surface area contributed by atoms with Crippen molar-refractivity contribution in [2.75, 3.05) is 0 Å². The predicted octanol–water partition coefficient (Wildman–Crippen LogP) is 4.37. The summed E-state index contributed by atoms with van der Waals surface area (Å²) in [7, 11) is 0. The topological polar surface area (TPSA) is 12.0 Å². The molecule has 1 N–H and O–H groups in total. The van der Waals surface area contributed by atoms with Crippen LogP contribution in [0.1, 0.15) is 72.1 Å². The van der Waals surface area contributed by atoms with Crippen LogP contribution < -0.4 is 5.32 Å². The molecule has 0 aromatic heterocycles. The summed E-state index contributed by atoms with van der Waals surface area (Å²) < 4.78 is 0. The van der Waals surface area contributed by atoms with Crippen LogP contribution in [0.4, 0.5) is 0 Å². The summed E-state index contributed by atoms with van der Waals surface area (Å²) in [5, 5.41) is 4.00. The van der Waals surface area contributed by atoms with Crippen molar-refractivity contribution in [2.45, 2.75) is 84.2 Å². The van der Waals surface area contributed by atoms with Gasteiger partial charge in [0.1, 0.15) is 0 Å². The summed E-state index contributed by atoms with van der Waals surface area (Å²) in [6, 6.07) is 1.62.